The molecule has 0 fully saturated rings. The van der Waals surface area contributed by atoms with Crippen LogP contribution in [0.2, 0.25) is 0 Å². The monoisotopic (exact) mass is 332 g/mol. The Morgan fingerprint density at radius 3 is 2.33 bits per heavy atom. The zero-order chi connectivity index (χ0) is 17.7. The van der Waals surface area contributed by atoms with Crippen LogP contribution in [-0.2, 0) is 11.3 Å². The third-order valence-electron chi connectivity index (χ3n) is 3.61. The molecule has 2 rings (SSSR count). The molecule has 0 heterocycles. The average molecular weight is 332 g/mol. The molecule has 0 aliphatic carbocycles. The fraction of sp³-hybridized carbons (Fsp3) is 0.278. The van der Waals surface area contributed by atoms with E-state index in [1.54, 1.807) is 24.3 Å². The number of aromatic hydroxyl groups is 1. The Morgan fingerprint density at radius 1 is 1.00 bits per heavy atom. The van der Waals surface area contributed by atoms with Crippen molar-refractivity contribution in [3.63, 3.8) is 0 Å². The van der Waals surface area contributed by atoms with Crippen molar-refractivity contribution in [2.75, 3.05) is 28.4 Å². The highest BCUT2D eigenvalue weighted by molar-refractivity contribution is 6.14. The molecule has 6 heteroatoms. The van der Waals surface area contributed by atoms with Crippen molar-refractivity contribution in [3.8, 4) is 23.0 Å². The predicted molar refractivity (Wildman–Crippen MR) is 88.4 cm³/mol. The summed E-state index contributed by atoms with van der Waals surface area (Å²) in [6, 6.07) is 8.03. The van der Waals surface area contributed by atoms with Crippen LogP contribution in [0.4, 0.5) is 0 Å². The second-order valence-corrected chi connectivity index (χ2v) is 4.98. The van der Waals surface area contributed by atoms with Gasteiger partial charge in [-0.2, -0.15) is 0 Å². The number of ketones is 1. The van der Waals surface area contributed by atoms with Crippen LogP contribution in [0.15, 0.2) is 30.3 Å². The molecule has 0 saturated heterocycles. The summed E-state index contributed by atoms with van der Waals surface area (Å²) < 4.78 is 20.9. The number of phenols is 1. The van der Waals surface area contributed by atoms with Crippen molar-refractivity contribution in [3.05, 3.63) is 47.0 Å². The van der Waals surface area contributed by atoms with Crippen molar-refractivity contribution in [2.45, 2.75) is 6.61 Å². The van der Waals surface area contributed by atoms with Gasteiger partial charge in [-0.05, 0) is 29.8 Å². The van der Waals surface area contributed by atoms with Gasteiger partial charge in [0, 0.05) is 7.11 Å². The number of methoxy groups -OCH3 is 4. The highest BCUT2D eigenvalue weighted by Gasteiger charge is 2.24. The Balaban J connectivity index is 2.67. The fourth-order valence-electron chi connectivity index (χ4n) is 2.47. The average Bonchev–Trinajstić information content (AvgIpc) is 2.61. The Hall–Kier alpha value is -2.73. The van der Waals surface area contributed by atoms with Crippen molar-refractivity contribution in [1.82, 2.24) is 0 Å². The molecule has 1 N–H and O–H groups in total. The fourth-order valence-corrected chi connectivity index (χ4v) is 2.47. The normalized spacial score (nSPS) is 10.3. The van der Waals surface area contributed by atoms with Gasteiger partial charge in [0.2, 0.25) is 5.78 Å². The standard InChI is InChI=1S/C18H20O6/c1-21-10-11-5-7-14(19)18(24-4)16(11)17(20)13-9-12(22-2)6-8-15(13)23-3/h5-9,19H,10H2,1-4H3. The van der Waals surface area contributed by atoms with E-state index in [2.05, 4.69) is 0 Å². The molecule has 0 aliphatic heterocycles. The zero-order valence-electron chi connectivity index (χ0n) is 14.1. The lowest BCUT2D eigenvalue weighted by Gasteiger charge is -2.16. The second kappa shape index (κ2) is 7.70. The van der Waals surface area contributed by atoms with Crippen molar-refractivity contribution in [2.24, 2.45) is 0 Å². The molecule has 6 nitrogen and oxygen atoms in total. The lowest BCUT2D eigenvalue weighted by molar-refractivity contribution is 0.102. The van der Waals surface area contributed by atoms with Crippen LogP contribution in [0.5, 0.6) is 23.0 Å². The van der Waals surface area contributed by atoms with E-state index >= 15 is 0 Å². The Morgan fingerprint density at radius 2 is 1.75 bits per heavy atom. The van der Waals surface area contributed by atoms with E-state index in [1.807, 2.05) is 0 Å². The van der Waals surface area contributed by atoms with Crippen molar-refractivity contribution in [1.29, 1.82) is 0 Å². The first-order valence-corrected chi connectivity index (χ1v) is 7.21. The Labute approximate surface area is 140 Å². The maximum absolute atomic E-state index is 13.1. The van der Waals surface area contributed by atoms with Gasteiger partial charge in [-0.3, -0.25) is 4.79 Å². The maximum atomic E-state index is 13.1. The topological polar surface area (TPSA) is 74.2 Å². The summed E-state index contributed by atoms with van der Waals surface area (Å²) in [5.74, 6) is 0.536. The minimum Gasteiger partial charge on any atom is -0.504 e. The van der Waals surface area contributed by atoms with Crippen LogP contribution in [0.3, 0.4) is 0 Å². The van der Waals surface area contributed by atoms with Gasteiger partial charge in [0.25, 0.3) is 0 Å². The molecular formula is C18H20O6. The lowest BCUT2D eigenvalue weighted by Crippen LogP contribution is -2.10. The number of carbonyl (C=O) groups is 1. The van der Waals surface area contributed by atoms with Gasteiger partial charge >= 0.3 is 0 Å². The zero-order valence-corrected chi connectivity index (χ0v) is 14.1. The molecule has 0 radical (unpaired) electrons. The molecule has 0 bridgehead atoms. The number of hydrogen-bond acceptors (Lipinski definition) is 6. The quantitative estimate of drug-likeness (QED) is 0.786. The van der Waals surface area contributed by atoms with Gasteiger partial charge in [0.05, 0.1) is 39.1 Å². The number of phenolic OH excluding ortho intramolecular Hbond substituents is 1. The number of hydrogen-bond donors (Lipinski definition) is 1. The van der Waals surface area contributed by atoms with Crippen LogP contribution in [0.25, 0.3) is 0 Å². The van der Waals surface area contributed by atoms with E-state index < -0.39 is 0 Å². The van der Waals surface area contributed by atoms with Gasteiger partial charge in [0.15, 0.2) is 11.5 Å². The molecule has 0 aromatic heterocycles. The molecule has 0 saturated carbocycles. The molecule has 0 aliphatic rings. The summed E-state index contributed by atoms with van der Waals surface area (Å²) >= 11 is 0. The van der Waals surface area contributed by atoms with E-state index in [0.29, 0.717) is 22.6 Å². The van der Waals surface area contributed by atoms with E-state index in [1.165, 1.54) is 34.5 Å². The summed E-state index contributed by atoms with van der Waals surface area (Å²) in [5.41, 5.74) is 1.13. The smallest absolute Gasteiger partial charge is 0.201 e. The highest BCUT2D eigenvalue weighted by Crippen LogP contribution is 2.36. The SMILES string of the molecule is COCc1ccc(O)c(OC)c1C(=O)c1cc(OC)ccc1OC. The highest BCUT2D eigenvalue weighted by atomic mass is 16.5. The van der Waals surface area contributed by atoms with Gasteiger partial charge in [-0.15, -0.1) is 0 Å². The second-order valence-electron chi connectivity index (χ2n) is 4.98. The molecular weight excluding hydrogens is 312 g/mol. The molecule has 0 unspecified atom stereocenters. The van der Waals surface area contributed by atoms with Crippen LogP contribution in [0.1, 0.15) is 21.5 Å². The van der Waals surface area contributed by atoms with E-state index in [9.17, 15) is 9.90 Å². The van der Waals surface area contributed by atoms with Gasteiger partial charge in [0.1, 0.15) is 11.5 Å². The number of rotatable bonds is 7. The van der Waals surface area contributed by atoms with Gasteiger partial charge in [-0.25, -0.2) is 0 Å². The largest absolute Gasteiger partial charge is 0.504 e. The summed E-state index contributed by atoms with van der Waals surface area (Å²) in [6.07, 6.45) is 0. The summed E-state index contributed by atoms with van der Waals surface area (Å²) in [5, 5.41) is 10.0. The molecule has 0 atom stereocenters. The third kappa shape index (κ3) is 3.28. The molecule has 0 amide bonds. The first kappa shape index (κ1) is 17.6. The Bertz CT molecular complexity index is 739. The lowest BCUT2D eigenvalue weighted by atomic mass is 9.96. The van der Waals surface area contributed by atoms with Crippen LogP contribution in [-0.4, -0.2) is 39.3 Å². The predicted octanol–water partition coefficient (Wildman–Crippen LogP) is 2.80. The minimum atomic E-state index is -0.356. The number of benzene rings is 2. The minimum absolute atomic E-state index is 0.0967. The van der Waals surface area contributed by atoms with E-state index in [-0.39, 0.29) is 29.5 Å². The van der Waals surface area contributed by atoms with Gasteiger partial charge < -0.3 is 24.1 Å². The number of carbonyl (C=O) groups excluding carboxylic acids is 1. The summed E-state index contributed by atoms with van der Waals surface area (Å²) in [7, 11) is 5.92. The van der Waals surface area contributed by atoms with Crippen molar-refractivity contribution >= 4 is 5.78 Å². The molecule has 2 aromatic rings. The van der Waals surface area contributed by atoms with Crippen molar-refractivity contribution < 1.29 is 28.8 Å². The molecule has 128 valence electrons. The first-order chi connectivity index (χ1) is 11.6. The maximum Gasteiger partial charge on any atom is 0.201 e. The summed E-state index contributed by atoms with van der Waals surface area (Å²) in [4.78, 5) is 13.1. The van der Waals surface area contributed by atoms with Crippen LogP contribution in [0, 0.1) is 0 Å². The van der Waals surface area contributed by atoms with E-state index in [0.717, 1.165) is 0 Å². The van der Waals surface area contributed by atoms with Crippen LogP contribution >= 0.6 is 0 Å². The van der Waals surface area contributed by atoms with Gasteiger partial charge in [-0.1, -0.05) is 6.07 Å². The van der Waals surface area contributed by atoms with Crippen LogP contribution < -0.4 is 14.2 Å². The Kier molecular flexibility index (Phi) is 5.65. The third-order valence-corrected chi connectivity index (χ3v) is 3.61. The summed E-state index contributed by atoms with van der Waals surface area (Å²) in [6.45, 7) is 0.198. The van der Waals surface area contributed by atoms with E-state index in [4.69, 9.17) is 18.9 Å². The molecule has 2 aromatic carbocycles. The number of ether oxygens (including phenoxy) is 4. The molecule has 0 spiro atoms. The molecule has 24 heavy (non-hydrogen) atoms. The first-order valence-electron chi connectivity index (χ1n) is 7.21.